The standard InChI is InChI=1S/C21H33N3O6S/c1-4-24-19-16(12-21(14-22-20(19)26)6-8-29-9-7-21)17(23-24)11-15(2)13-30-18(25)5-10-31(3,27)28/h15H,4-14H2,1-3H3,(H,22,26)/t15-/m1/s1. The van der Waals surface area contributed by atoms with Crippen LogP contribution in [-0.4, -0.2) is 68.4 Å². The van der Waals surface area contributed by atoms with E-state index in [1.807, 2.05) is 13.8 Å². The maximum Gasteiger partial charge on any atom is 0.306 e. The van der Waals surface area contributed by atoms with Crippen LogP contribution in [0.15, 0.2) is 0 Å². The second-order valence-electron chi connectivity index (χ2n) is 8.93. The molecule has 1 saturated heterocycles. The molecule has 1 N–H and O–H groups in total. The Bertz CT molecular complexity index is 918. The Labute approximate surface area is 183 Å². The molecule has 1 aromatic rings. The minimum Gasteiger partial charge on any atom is -0.465 e. The van der Waals surface area contributed by atoms with Crippen molar-refractivity contribution in [2.24, 2.45) is 11.3 Å². The molecule has 31 heavy (non-hydrogen) atoms. The van der Waals surface area contributed by atoms with E-state index in [-0.39, 0.29) is 36.0 Å². The van der Waals surface area contributed by atoms with Crippen molar-refractivity contribution in [3.8, 4) is 0 Å². The Morgan fingerprint density at radius 1 is 1.35 bits per heavy atom. The van der Waals surface area contributed by atoms with E-state index in [0.29, 0.717) is 38.4 Å². The number of sulfone groups is 1. The van der Waals surface area contributed by atoms with Crippen LogP contribution in [0.1, 0.15) is 54.9 Å². The number of amides is 1. The predicted molar refractivity (Wildman–Crippen MR) is 115 cm³/mol. The van der Waals surface area contributed by atoms with E-state index in [2.05, 4.69) is 5.32 Å². The van der Waals surface area contributed by atoms with Crippen molar-refractivity contribution in [1.82, 2.24) is 15.1 Å². The number of nitrogens with one attached hydrogen (secondary N) is 1. The van der Waals surface area contributed by atoms with Gasteiger partial charge in [0.1, 0.15) is 15.5 Å². The van der Waals surface area contributed by atoms with Gasteiger partial charge in [-0.1, -0.05) is 6.92 Å². The number of esters is 1. The number of rotatable bonds is 8. The Balaban J connectivity index is 1.72. The molecule has 1 fully saturated rings. The lowest BCUT2D eigenvalue weighted by molar-refractivity contribution is -0.144. The first-order valence-corrected chi connectivity index (χ1v) is 13.0. The summed E-state index contributed by atoms with van der Waals surface area (Å²) in [5.74, 6) is -0.826. The van der Waals surface area contributed by atoms with Crippen molar-refractivity contribution in [3.05, 3.63) is 17.0 Å². The predicted octanol–water partition coefficient (Wildman–Crippen LogP) is 1.14. The topological polar surface area (TPSA) is 117 Å². The Kier molecular flexibility index (Phi) is 7.41. The summed E-state index contributed by atoms with van der Waals surface area (Å²) in [7, 11) is -3.20. The number of nitrogens with zero attached hydrogens (tertiary/aromatic N) is 2. The number of carbonyl (C=O) groups excluding carboxylic acids is 2. The molecule has 0 aliphatic carbocycles. The summed E-state index contributed by atoms with van der Waals surface area (Å²) in [5, 5.41) is 7.82. The fraction of sp³-hybridized carbons (Fsp3) is 0.762. The molecule has 1 aromatic heterocycles. The highest BCUT2D eigenvalue weighted by Crippen LogP contribution is 2.38. The average Bonchev–Trinajstić information content (AvgIpc) is 2.98. The highest BCUT2D eigenvalue weighted by Gasteiger charge is 2.39. The minimum atomic E-state index is -3.20. The fourth-order valence-electron chi connectivity index (χ4n) is 4.29. The van der Waals surface area contributed by atoms with E-state index in [4.69, 9.17) is 14.6 Å². The third kappa shape index (κ3) is 6.06. The lowest BCUT2D eigenvalue weighted by Crippen LogP contribution is -2.40. The van der Waals surface area contributed by atoms with Crippen LogP contribution in [-0.2, 0) is 43.5 Å². The SMILES string of the molecule is CCn1nc(C[C@@H](C)COC(=O)CCS(C)(=O)=O)c2c1C(=O)NCC1(CCOCC1)C2. The third-order valence-electron chi connectivity index (χ3n) is 6.13. The summed E-state index contributed by atoms with van der Waals surface area (Å²) in [4.78, 5) is 24.7. The van der Waals surface area contributed by atoms with Crippen LogP contribution in [0.3, 0.4) is 0 Å². The molecule has 3 heterocycles. The number of ether oxygens (including phenoxy) is 2. The Hall–Kier alpha value is -1.94. The van der Waals surface area contributed by atoms with Crippen molar-refractivity contribution < 1.29 is 27.5 Å². The van der Waals surface area contributed by atoms with Crippen molar-refractivity contribution in [3.63, 3.8) is 0 Å². The first-order chi connectivity index (χ1) is 14.6. The van der Waals surface area contributed by atoms with Crippen LogP contribution >= 0.6 is 0 Å². The molecule has 3 rings (SSSR count). The van der Waals surface area contributed by atoms with Crippen molar-refractivity contribution in [2.75, 3.05) is 38.4 Å². The first-order valence-electron chi connectivity index (χ1n) is 10.9. The van der Waals surface area contributed by atoms with Crippen LogP contribution in [0.5, 0.6) is 0 Å². The Morgan fingerprint density at radius 2 is 2.06 bits per heavy atom. The Morgan fingerprint density at radius 3 is 2.71 bits per heavy atom. The van der Waals surface area contributed by atoms with Gasteiger partial charge in [0.25, 0.3) is 5.91 Å². The second kappa shape index (κ2) is 9.68. The van der Waals surface area contributed by atoms with Crippen LogP contribution in [0.4, 0.5) is 0 Å². The summed E-state index contributed by atoms with van der Waals surface area (Å²) in [6, 6.07) is 0. The summed E-state index contributed by atoms with van der Waals surface area (Å²) >= 11 is 0. The van der Waals surface area contributed by atoms with Gasteiger partial charge in [0, 0.05) is 38.1 Å². The molecule has 2 aliphatic heterocycles. The van der Waals surface area contributed by atoms with E-state index in [9.17, 15) is 18.0 Å². The van der Waals surface area contributed by atoms with Crippen LogP contribution < -0.4 is 5.32 Å². The smallest absolute Gasteiger partial charge is 0.306 e. The lowest BCUT2D eigenvalue weighted by Gasteiger charge is -2.36. The molecule has 1 amide bonds. The maximum absolute atomic E-state index is 12.9. The molecule has 0 saturated carbocycles. The van der Waals surface area contributed by atoms with Gasteiger partial charge in [0.05, 0.1) is 24.5 Å². The molecule has 0 aromatic carbocycles. The van der Waals surface area contributed by atoms with Crippen LogP contribution in [0.2, 0.25) is 0 Å². The fourth-order valence-corrected chi connectivity index (χ4v) is 4.83. The summed E-state index contributed by atoms with van der Waals surface area (Å²) in [5.41, 5.74) is 2.49. The van der Waals surface area contributed by atoms with Gasteiger partial charge in [0.15, 0.2) is 0 Å². The van der Waals surface area contributed by atoms with Crippen molar-refractivity contribution in [2.45, 2.75) is 52.5 Å². The van der Waals surface area contributed by atoms with Crippen molar-refractivity contribution in [1.29, 1.82) is 0 Å². The zero-order valence-electron chi connectivity index (χ0n) is 18.6. The first kappa shape index (κ1) is 23.7. The van der Waals surface area contributed by atoms with Gasteiger partial charge in [-0.25, -0.2) is 8.42 Å². The monoisotopic (exact) mass is 455 g/mol. The molecule has 9 nitrogen and oxygen atoms in total. The molecule has 0 bridgehead atoms. The quantitative estimate of drug-likeness (QED) is 0.584. The highest BCUT2D eigenvalue weighted by molar-refractivity contribution is 7.90. The minimum absolute atomic E-state index is 0.0107. The molecule has 0 unspecified atom stereocenters. The largest absolute Gasteiger partial charge is 0.465 e. The van der Waals surface area contributed by atoms with E-state index in [0.717, 1.165) is 36.8 Å². The molecular weight excluding hydrogens is 422 g/mol. The molecule has 0 radical (unpaired) electrons. The zero-order valence-corrected chi connectivity index (χ0v) is 19.4. The molecule has 10 heteroatoms. The lowest BCUT2D eigenvalue weighted by atomic mass is 9.75. The van der Waals surface area contributed by atoms with E-state index in [1.165, 1.54) is 0 Å². The van der Waals surface area contributed by atoms with E-state index >= 15 is 0 Å². The van der Waals surface area contributed by atoms with Gasteiger partial charge in [-0.15, -0.1) is 0 Å². The number of aryl methyl sites for hydroxylation is 1. The number of fused-ring (bicyclic) bond motifs is 1. The number of carbonyl (C=O) groups is 2. The second-order valence-corrected chi connectivity index (χ2v) is 11.2. The average molecular weight is 456 g/mol. The normalized spacial score (nSPS) is 19.4. The van der Waals surface area contributed by atoms with E-state index < -0.39 is 15.8 Å². The van der Waals surface area contributed by atoms with Gasteiger partial charge in [-0.3, -0.25) is 14.3 Å². The van der Waals surface area contributed by atoms with Gasteiger partial charge < -0.3 is 14.8 Å². The zero-order chi connectivity index (χ0) is 22.6. The van der Waals surface area contributed by atoms with Gasteiger partial charge in [0.2, 0.25) is 0 Å². The van der Waals surface area contributed by atoms with E-state index in [1.54, 1.807) is 4.68 Å². The highest BCUT2D eigenvalue weighted by atomic mass is 32.2. The number of hydrogen-bond acceptors (Lipinski definition) is 7. The van der Waals surface area contributed by atoms with Crippen LogP contribution in [0, 0.1) is 11.3 Å². The molecule has 1 atom stereocenters. The summed E-state index contributed by atoms with van der Waals surface area (Å²) in [6.45, 7) is 6.74. The number of hydrogen-bond donors (Lipinski definition) is 1. The van der Waals surface area contributed by atoms with Crippen molar-refractivity contribution >= 4 is 21.7 Å². The number of aromatic nitrogens is 2. The maximum atomic E-state index is 12.9. The van der Waals surface area contributed by atoms with Crippen LogP contribution in [0.25, 0.3) is 0 Å². The summed E-state index contributed by atoms with van der Waals surface area (Å²) in [6.07, 6.45) is 4.11. The third-order valence-corrected chi connectivity index (χ3v) is 7.07. The molecule has 2 aliphatic rings. The van der Waals surface area contributed by atoms with Gasteiger partial charge in [-0.05, 0) is 43.9 Å². The summed E-state index contributed by atoms with van der Waals surface area (Å²) < 4.78 is 35.0. The molecular formula is C21H33N3O6S. The van der Waals surface area contributed by atoms with Gasteiger partial charge >= 0.3 is 5.97 Å². The molecule has 174 valence electrons. The van der Waals surface area contributed by atoms with Gasteiger partial charge in [-0.2, -0.15) is 5.10 Å². The molecule has 1 spiro atoms.